The molecule has 38 nitrogen and oxygen atoms in total. The first-order chi connectivity index (χ1) is 45.3. The highest BCUT2D eigenvalue weighted by molar-refractivity contribution is 7.95. The molecular formula is C55H84N17O21S3+. The normalized spacial score (nSPS) is 24.0. The van der Waals surface area contributed by atoms with Gasteiger partial charge in [0.15, 0.2) is 18.7 Å². The quantitative estimate of drug-likeness (QED) is 0.0150. The second-order valence-electron chi connectivity index (χ2n) is 22.8. The zero-order valence-corrected chi connectivity index (χ0v) is 55.3. The van der Waals surface area contributed by atoms with Crippen LogP contribution in [0.3, 0.4) is 0 Å². The fraction of sp³-hybridized carbons (Fsp3) is 0.618. The van der Waals surface area contributed by atoms with Gasteiger partial charge in [0.1, 0.15) is 100 Å². The Balaban J connectivity index is 1.26. The van der Waals surface area contributed by atoms with Crippen LogP contribution >= 0.6 is 22.7 Å². The molecule has 4 unspecified atom stereocenters. The predicted molar refractivity (Wildman–Crippen MR) is 339 cm³/mol. The molecule has 0 aromatic carbocycles. The van der Waals surface area contributed by atoms with Gasteiger partial charge in [0.2, 0.25) is 29.5 Å². The van der Waals surface area contributed by atoms with E-state index in [1.807, 2.05) is 0 Å². The average molecular weight is 1420 g/mol. The van der Waals surface area contributed by atoms with Crippen molar-refractivity contribution in [2.24, 2.45) is 28.9 Å². The molecule has 2 aliphatic rings. The molecule has 0 aliphatic carbocycles. The van der Waals surface area contributed by atoms with Crippen molar-refractivity contribution < 1.29 is 103 Å². The molecule has 4 aromatic heterocycles. The first-order valence-electron chi connectivity index (χ1n) is 29.8. The molecule has 6 heterocycles. The molecule has 2 fully saturated rings. The number of anilines is 1. The number of hydrogen-bond acceptors (Lipinski definition) is 31. The summed E-state index contributed by atoms with van der Waals surface area (Å²) in [5.41, 5.74) is 28.0. The van der Waals surface area contributed by atoms with Crippen molar-refractivity contribution in [2.45, 2.75) is 157 Å². The number of ether oxygens (including phenoxy) is 5. The van der Waals surface area contributed by atoms with E-state index in [1.54, 1.807) is 10.8 Å². The minimum atomic E-state index is -2.20. The molecule has 19 atom stereocenters. The lowest BCUT2D eigenvalue weighted by atomic mass is 9.96. The van der Waals surface area contributed by atoms with Crippen LogP contribution in [0.25, 0.3) is 10.7 Å². The first kappa shape index (κ1) is 77.7. The number of aliphatic hydroxyl groups is 8. The fourth-order valence-electron chi connectivity index (χ4n) is 9.79. The third-order valence-electron chi connectivity index (χ3n) is 15.3. The molecule has 532 valence electrons. The highest BCUT2D eigenvalue weighted by atomic mass is 32.2. The molecule has 25 N–H and O–H groups in total. The molecular weight excluding hydrogens is 1330 g/mol. The van der Waals surface area contributed by atoms with Gasteiger partial charge >= 0.3 is 6.09 Å². The molecule has 41 heteroatoms. The monoisotopic (exact) mass is 1410 g/mol. The van der Waals surface area contributed by atoms with Gasteiger partial charge in [-0.15, -0.1) is 22.7 Å². The molecule has 8 amide bonds. The molecule has 6 rings (SSSR count). The second-order valence-corrected chi connectivity index (χ2v) is 27.0. The Morgan fingerprint density at radius 1 is 0.781 bits per heavy atom. The van der Waals surface area contributed by atoms with Gasteiger partial charge in [0.25, 0.3) is 11.8 Å². The standard InChI is InChI=1S/C55H83N17O21S3/c1-20-33(69-46(72-44(20)58)25(12-31(57)76)64-13-24(56)45(59)82)50(86)71-35(41(26-14-61-19-65-26)91-54-43(39(80)37(78)29(15-73)90-54)92-53-40(81)42(93-55(60)88)38(79)30(16-74)89-53)51(87)66-22(3)36(77)21(2)47(83)70-34(23(4)75)49(85)63-10-8-32-67-28(18-94-32)52-68-27(17-95-52)48(84)62-9-7-11-96(5)6/h14,17-19,21-25,29-30,34-43,53-54,64,73-75,77-81H,7-13,15-16,56H2,1-6H3,(H13-,57,58,59,60,61,62,63,65,66,69,70,71,72,76,82,83,84,85,86,87,88)/p+1/t21-,22+,23+,24-,25-,29?,30?,34-,35-,36-,37+,38+,39+,40+,41-,42?,43?,53+,54-/m0/s1. The number of nitrogens with zero attached hydrogens (tertiary/aromatic N) is 5. The van der Waals surface area contributed by atoms with Crippen LogP contribution in [0.4, 0.5) is 10.6 Å². The minimum Gasteiger partial charge on any atom is -0.441 e. The average Bonchev–Trinajstić information content (AvgIpc) is 0.885. The largest absolute Gasteiger partial charge is 0.441 e. The van der Waals surface area contributed by atoms with E-state index in [2.05, 4.69) is 74.3 Å². The molecule has 96 heavy (non-hydrogen) atoms. The lowest BCUT2D eigenvalue weighted by Crippen LogP contribution is -2.65. The number of aromatic nitrogens is 6. The minimum absolute atomic E-state index is 0.00525. The summed E-state index contributed by atoms with van der Waals surface area (Å²) in [6.45, 7) is 3.17. The van der Waals surface area contributed by atoms with E-state index in [-0.39, 0.29) is 64.9 Å². The zero-order chi connectivity index (χ0) is 71.0. The van der Waals surface area contributed by atoms with Gasteiger partial charge in [-0.1, -0.05) is 6.92 Å². The summed E-state index contributed by atoms with van der Waals surface area (Å²) in [7, 11) is 0.254. The van der Waals surface area contributed by atoms with Gasteiger partial charge in [0, 0.05) is 61.4 Å². The maximum Gasteiger partial charge on any atom is 0.404 e. The highest BCUT2D eigenvalue weighted by Gasteiger charge is 2.54. The Morgan fingerprint density at radius 3 is 2.09 bits per heavy atom. The number of nitrogens with one attached hydrogen (secondary N) is 7. The van der Waals surface area contributed by atoms with Crippen LogP contribution in [-0.4, -0.2) is 267 Å². The number of H-pyrrole nitrogens is 1. The number of hydrogen-bond donors (Lipinski definition) is 20. The van der Waals surface area contributed by atoms with Gasteiger partial charge in [-0.05, 0) is 31.7 Å². The number of rotatable bonds is 35. The summed E-state index contributed by atoms with van der Waals surface area (Å²) in [5, 5.41) is 108. The number of aliphatic hydroxyl groups excluding tert-OH is 8. The van der Waals surface area contributed by atoms with Crippen LogP contribution < -0.4 is 60.6 Å². The first-order valence-corrected chi connectivity index (χ1v) is 33.8. The van der Waals surface area contributed by atoms with Crippen molar-refractivity contribution >= 4 is 86.8 Å². The Kier molecular flexibility index (Phi) is 29.0. The van der Waals surface area contributed by atoms with E-state index in [0.29, 0.717) is 22.3 Å². The van der Waals surface area contributed by atoms with E-state index in [9.17, 15) is 74.4 Å². The number of carbonyl (C=O) groups is 8. The van der Waals surface area contributed by atoms with Crippen molar-refractivity contribution in [1.82, 2.24) is 61.8 Å². The van der Waals surface area contributed by atoms with Crippen LogP contribution in [0.5, 0.6) is 0 Å². The lowest BCUT2D eigenvalue weighted by molar-refractivity contribution is -0.372. The summed E-state index contributed by atoms with van der Waals surface area (Å²) in [4.78, 5) is 131. The molecule has 2 aliphatic heterocycles. The molecule has 0 radical (unpaired) electrons. The number of imidazole rings is 1. The molecule has 0 spiro atoms. The topological polar surface area (TPSA) is 627 Å². The predicted octanol–water partition coefficient (Wildman–Crippen LogP) is -7.70. The molecule has 2 saturated heterocycles. The van der Waals surface area contributed by atoms with Crippen molar-refractivity contribution in [2.75, 3.05) is 56.8 Å². The number of thiazole rings is 2. The summed E-state index contributed by atoms with van der Waals surface area (Å²) < 4.78 is 28.7. The maximum atomic E-state index is 15.2. The Bertz CT molecular complexity index is 3280. The lowest BCUT2D eigenvalue weighted by Gasteiger charge is -2.47. The highest BCUT2D eigenvalue weighted by Crippen LogP contribution is 2.35. The van der Waals surface area contributed by atoms with Gasteiger partial charge < -0.3 is 130 Å². The molecule has 0 bridgehead atoms. The second kappa shape index (κ2) is 35.8. The summed E-state index contributed by atoms with van der Waals surface area (Å²) in [6.07, 6.45) is -20.0. The van der Waals surface area contributed by atoms with Crippen LogP contribution in [0.15, 0.2) is 23.3 Å². The number of carbonyl (C=O) groups excluding carboxylic acids is 8. The van der Waals surface area contributed by atoms with Crippen LogP contribution in [-0.2, 0) is 65.0 Å². The van der Waals surface area contributed by atoms with Crippen molar-refractivity contribution in [3.05, 3.63) is 56.8 Å². The third-order valence-corrected chi connectivity index (χ3v) is 18.1. The Hall–Kier alpha value is -7.30. The summed E-state index contributed by atoms with van der Waals surface area (Å²) in [5.74, 6) is -7.70. The van der Waals surface area contributed by atoms with Gasteiger partial charge in [-0.3, -0.25) is 33.6 Å². The van der Waals surface area contributed by atoms with Gasteiger partial charge in [-0.25, -0.2) is 29.7 Å². The van der Waals surface area contributed by atoms with Crippen molar-refractivity contribution in [3.8, 4) is 10.7 Å². The SMILES string of the molecule is Cc1c(N)nc([C@H](CC(N)=O)NC[C@H](N)C(N)=O)nc1C(=O)N[C@H](C(=O)N[C@H](C)[C@@H](O)[C@H](C)C(=O)N[C@H](C(=O)NCCc1nc(-c2nc(C(=O)NCCC[S+](C)C)cs2)cs1)[C@@H](C)O)[C@@H](O[C@@H]1OC(CO)[C@@H](O)[C@@H](O)C1O[C@H]1OC(CO)[C@@H](O)C(OC(N)=O)[C@H]1O)c1c[nH]cn1. The smallest absolute Gasteiger partial charge is 0.404 e. The number of amides is 8. The van der Waals surface area contributed by atoms with Crippen LogP contribution in [0, 0.1) is 12.8 Å². The molecule has 4 aromatic rings. The van der Waals surface area contributed by atoms with Crippen LogP contribution in [0.2, 0.25) is 0 Å². The van der Waals surface area contributed by atoms with E-state index in [0.717, 1.165) is 24.7 Å². The molecule has 0 saturated carbocycles. The van der Waals surface area contributed by atoms with E-state index in [4.69, 9.17) is 52.4 Å². The van der Waals surface area contributed by atoms with Crippen LogP contribution in [0.1, 0.15) is 88.8 Å². The summed E-state index contributed by atoms with van der Waals surface area (Å²) >= 11 is 2.52. The van der Waals surface area contributed by atoms with E-state index in [1.165, 1.54) is 50.4 Å². The Morgan fingerprint density at radius 2 is 1.47 bits per heavy atom. The number of nitrogens with two attached hydrogens (primary N) is 5. The van der Waals surface area contributed by atoms with Crippen molar-refractivity contribution in [1.29, 1.82) is 0 Å². The number of nitrogen functional groups attached to an aromatic ring is 1. The number of primary amides is 3. The van der Waals surface area contributed by atoms with E-state index < -0.39 is 183 Å². The fourth-order valence-corrected chi connectivity index (χ4v) is 12.1. The zero-order valence-electron chi connectivity index (χ0n) is 52.9. The van der Waals surface area contributed by atoms with Crippen molar-refractivity contribution in [3.63, 3.8) is 0 Å². The van der Waals surface area contributed by atoms with Gasteiger partial charge in [0.05, 0.1) is 79.0 Å². The number of aromatic amines is 1. The maximum absolute atomic E-state index is 15.2. The van der Waals surface area contributed by atoms with E-state index >= 15 is 4.79 Å². The third kappa shape index (κ3) is 20.6. The Labute approximate surface area is 559 Å². The summed E-state index contributed by atoms with van der Waals surface area (Å²) in [6, 6.07) is -7.86. The van der Waals surface area contributed by atoms with Gasteiger partial charge in [-0.2, -0.15) is 0 Å².